The first kappa shape index (κ1) is 16.2. The van der Waals surface area contributed by atoms with E-state index in [2.05, 4.69) is 4.98 Å². The maximum absolute atomic E-state index is 13.2. The summed E-state index contributed by atoms with van der Waals surface area (Å²) in [4.78, 5) is 20.7. The fourth-order valence-corrected chi connectivity index (χ4v) is 3.63. The molecule has 0 atom stereocenters. The summed E-state index contributed by atoms with van der Waals surface area (Å²) in [5, 5.41) is 0. The van der Waals surface area contributed by atoms with E-state index >= 15 is 0 Å². The Labute approximate surface area is 136 Å². The van der Waals surface area contributed by atoms with Crippen LogP contribution in [0.5, 0.6) is 0 Å². The van der Waals surface area contributed by atoms with Gasteiger partial charge < -0.3 is 14.5 Å². The van der Waals surface area contributed by atoms with Gasteiger partial charge in [-0.25, -0.2) is 4.98 Å². The Morgan fingerprint density at radius 1 is 1.17 bits per heavy atom. The zero-order valence-corrected chi connectivity index (χ0v) is 13.6. The molecule has 1 amide bonds. The van der Waals surface area contributed by atoms with Gasteiger partial charge in [-0.05, 0) is 25.0 Å². The summed E-state index contributed by atoms with van der Waals surface area (Å²) in [5.74, 6) is 0.282. The van der Waals surface area contributed by atoms with Crippen LogP contribution in [0.15, 0.2) is 18.2 Å². The number of pyridine rings is 1. The smallest absolute Gasteiger partial charge is 0.254 e. The molecule has 2 heterocycles. The molecular weight excluding hydrogens is 297 g/mol. The van der Waals surface area contributed by atoms with E-state index in [1.807, 2.05) is 9.80 Å². The Kier molecular flexibility index (Phi) is 4.80. The largest absolute Gasteiger partial charge is 0.368 e. The molecule has 1 aromatic rings. The third kappa shape index (κ3) is 3.32. The van der Waals surface area contributed by atoms with Crippen molar-refractivity contribution >= 4 is 11.7 Å². The summed E-state index contributed by atoms with van der Waals surface area (Å²) < 4.78 is 18.9. The summed E-state index contributed by atoms with van der Waals surface area (Å²) in [6.07, 6.45) is 4.90. The van der Waals surface area contributed by atoms with Crippen LogP contribution in [0.1, 0.15) is 32.1 Å². The van der Waals surface area contributed by atoms with Crippen molar-refractivity contribution in [1.82, 2.24) is 9.88 Å². The lowest BCUT2D eigenvalue weighted by Crippen LogP contribution is -2.57. The molecule has 3 rings (SSSR count). The maximum atomic E-state index is 13.2. The molecule has 0 unspecified atom stereocenters. The van der Waals surface area contributed by atoms with Crippen LogP contribution in [0.2, 0.25) is 0 Å². The number of hydrogen-bond acceptors (Lipinski definition) is 4. The number of ether oxygens (including phenoxy) is 1. The molecule has 2 fully saturated rings. The predicted molar refractivity (Wildman–Crippen MR) is 85.8 cm³/mol. The zero-order valence-electron chi connectivity index (χ0n) is 13.6. The SMILES string of the molecule is COC1(C(=O)N2CCN(c3cccc(F)n3)CC2)CCCCC1. The fourth-order valence-electron chi connectivity index (χ4n) is 3.63. The number of piperazine rings is 1. The van der Waals surface area contributed by atoms with Crippen molar-refractivity contribution in [3.8, 4) is 0 Å². The second-order valence-electron chi connectivity index (χ2n) is 6.36. The molecular formula is C17H24FN3O2. The monoisotopic (exact) mass is 321 g/mol. The highest BCUT2D eigenvalue weighted by atomic mass is 19.1. The maximum Gasteiger partial charge on any atom is 0.254 e. The normalized spacial score (nSPS) is 21.3. The first-order valence-corrected chi connectivity index (χ1v) is 8.37. The number of nitrogens with zero attached hydrogens (tertiary/aromatic N) is 3. The van der Waals surface area contributed by atoms with Gasteiger partial charge >= 0.3 is 0 Å². The number of halogens is 1. The van der Waals surface area contributed by atoms with Gasteiger partial charge in [0.05, 0.1) is 0 Å². The van der Waals surface area contributed by atoms with Crippen LogP contribution in [0.25, 0.3) is 0 Å². The van der Waals surface area contributed by atoms with Gasteiger partial charge in [-0.3, -0.25) is 4.79 Å². The van der Waals surface area contributed by atoms with Crippen molar-refractivity contribution in [2.75, 3.05) is 38.2 Å². The minimum Gasteiger partial charge on any atom is -0.368 e. The minimum atomic E-state index is -0.627. The highest BCUT2D eigenvalue weighted by molar-refractivity contribution is 5.85. The van der Waals surface area contributed by atoms with Gasteiger partial charge in [0.1, 0.15) is 11.4 Å². The molecule has 1 aromatic heterocycles. The third-order valence-corrected chi connectivity index (χ3v) is 5.03. The zero-order chi connectivity index (χ0) is 16.3. The molecule has 23 heavy (non-hydrogen) atoms. The third-order valence-electron chi connectivity index (χ3n) is 5.03. The molecule has 1 saturated carbocycles. The molecule has 0 radical (unpaired) electrons. The molecule has 6 heteroatoms. The topological polar surface area (TPSA) is 45.7 Å². The lowest BCUT2D eigenvalue weighted by Gasteiger charge is -2.42. The average molecular weight is 321 g/mol. The Hall–Kier alpha value is -1.69. The van der Waals surface area contributed by atoms with Crippen LogP contribution < -0.4 is 4.90 Å². The first-order chi connectivity index (χ1) is 11.1. The van der Waals surface area contributed by atoms with E-state index in [-0.39, 0.29) is 5.91 Å². The second-order valence-corrected chi connectivity index (χ2v) is 6.36. The van der Waals surface area contributed by atoms with Crippen molar-refractivity contribution in [2.24, 2.45) is 0 Å². The van der Waals surface area contributed by atoms with Crippen LogP contribution in [-0.2, 0) is 9.53 Å². The molecule has 1 aliphatic carbocycles. The number of aromatic nitrogens is 1. The standard InChI is InChI=1S/C17H24FN3O2/c1-23-17(8-3-2-4-9-17)16(22)21-12-10-20(11-13-21)15-7-5-6-14(18)19-15/h5-7H,2-4,8-13H2,1H3. The molecule has 2 aliphatic rings. The second kappa shape index (κ2) is 6.83. The molecule has 5 nitrogen and oxygen atoms in total. The van der Waals surface area contributed by atoms with Crippen molar-refractivity contribution in [3.63, 3.8) is 0 Å². The number of anilines is 1. The molecule has 126 valence electrons. The van der Waals surface area contributed by atoms with Gasteiger partial charge in [-0.2, -0.15) is 4.39 Å². The van der Waals surface area contributed by atoms with Gasteiger partial charge in [-0.1, -0.05) is 25.3 Å². The molecule has 1 saturated heterocycles. The summed E-state index contributed by atoms with van der Waals surface area (Å²) in [6, 6.07) is 4.81. The van der Waals surface area contributed by atoms with Crippen LogP contribution in [0, 0.1) is 5.95 Å². The van der Waals surface area contributed by atoms with E-state index in [0.717, 1.165) is 25.7 Å². The van der Waals surface area contributed by atoms with E-state index in [0.29, 0.717) is 32.0 Å². The summed E-state index contributed by atoms with van der Waals surface area (Å²) in [7, 11) is 1.65. The van der Waals surface area contributed by atoms with E-state index in [1.54, 1.807) is 19.2 Å². The molecule has 1 aliphatic heterocycles. The lowest BCUT2D eigenvalue weighted by atomic mass is 9.83. The number of amides is 1. The number of hydrogen-bond donors (Lipinski definition) is 0. The highest BCUT2D eigenvalue weighted by Crippen LogP contribution is 2.33. The minimum absolute atomic E-state index is 0.117. The van der Waals surface area contributed by atoms with E-state index < -0.39 is 11.5 Å². The molecule has 0 N–H and O–H groups in total. The van der Waals surface area contributed by atoms with Crippen LogP contribution >= 0.6 is 0 Å². The predicted octanol–water partition coefficient (Wildman–Crippen LogP) is 2.22. The lowest BCUT2D eigenvalue weighted by molar-refractivity contribution is -0.159. The number of rotatable bonds is 3. The van der Waals surface area contributed by atoms with Crippen molar-refractivity contribution < 1.29 is 13.9 Å². The number of carbonyl (C=O) groups excluding carboxylic acids is 1. The molecule has 0 aromatic carbocycles. The molecule has 0 spiro atoms. The summed E-state index contributed by atoms with van der Waals surface area (Å²) in [5.41, 5.74) is -0.627. The van der Waals surface area contributed by atoms with Gasteiger partial charge in [0.2, 0.25) is 5.95 Å². The first-order valence-electron chi connectivity index (χ1n) is 8.37. The fraction of sp³-hybridized carbons (Fsp3) is 0.647. The van der Waals surface area contributed by atoms with Crippen LogP contribution in [0.4, 0.5) is 10.2 Å². The quantitative estimate of drug-likeness (QED) is 0.801. The van der Waals surface area contributed by atoms with Crippen molar-refractivity contribution in [2.45, 2.75) is 37.7 Å². The Morgan fingerprint density at radius 2 is 1.87 bits per heavy atom. The van der Waals surface area contributed by atoms with Gasteiger partial charge in [0, 0.05) is 33.3 Å². The van der Waals surface area contributed by atoms with E-state index in [1.165, 1.54) is 12.5 Å². The van der Waals surface area contributed by atoms with Crippen LogP contribution in [-0.4, -0.2) is 54.7 Å². The Morgan fingerprint density at radius 3 is 2.48 bits per heavy atom. The Balaban J connectivity index is 1.63. The van der Waals surface area contributed by atoms with Crippen LogP contribution in [0.3, 0.4) is 0 Å². The van der Waals surface area contributed by atoms with Crippen molar-refractivity contribution in [1.29, 1.82) is 0 Å². The summed E-state index contributed by atoms with van der Waals surface area (Å²) >= 11 is 0. The van der Waals surface area contributed by atoms with E-state index in [9.17, 15) is 9.18 Å². The van der Waals surface area contributed by atoms with Gasteiger partial charge in [0.25, 0.3) is 5.91 Å². The highest BCUT2D eigenvalue weighted by Gasteiger charge is 2.42. The number of methoxy groups -OCH3 is 1. The molecule has 0 bridgehead atoms. The number of carbonyl (C=O) groups is 1. The van der Waals surface area contributed by atoms with E-state index in [4.69, 9.17) is 4.74 Å². The average Bonchev–Trinajstić information content (AvgIpc) is 2.62. The van der Waals surface area contributed by atoms with Gasteiger partial charge in [-0.15, -0.1) is 0 Å². The Bertz CT molecular complexity index is 553. The summed E-state index contributed by atoms with van der Waals surface area (Å²) in [6.45, 7) is 2.59. The van der Waals surface area contributed by atoms with Crippen molar-refractivity contribution in [3.05, 3.63) is 24.1 Å². The van der Waals surface area contributed by atoms with Gasteiger partial charge in [0.15, 0.2) is 0 Å².